The lowest BCUT2D eigenvalue weighted by Gasteiger charge is -2.35. The first-order chi connectivity index (χ1) is 13.0. The highest BCUT2D eigenvalue weighted by atomic mass is 19.4. The van der Waals surface area contributed by atoms with Crippen LogP contribution >= 0.6 is 0 Å². The van der Waals surface area contributed by atoms with Crippen molar-refractivity contribution < 1.29 is 22.7 Å². The Morgan fingerprint density at radius 1 is 1.32 bits per heavy atom. The van der Waals surface area contributed by atoms with Crippen molar-refractivity contribution in [3.63, 3.8) is 0 Å². The van der Waals surface area contributed by atoms with E-state index >= 15 is 0 Å². The largest absolute Gasteiger partial charge is 0.416 e. The van der Waals surface area contributed by atoms with Gasteiger partial charge in [0.2, 0.25) is 5.91 Å². The van der Waals surface area contributed by atoms with Gasteiger partial charge in [0.1, 0.15) is 6.10 Å². The maximum absolute atomic E-state index is 13.0. The van der Waals surface area contributed by atoms with E-state index in [1.807, 2.05) is 25.7 Å². The van der Waals surface area contributed by atoms with E-state index < -0.39 is 17.8 Å². The fourth-order valence-corrected chi connectivity index (χ4v) is 2.91. The summed E-state index contributed by atoms with van der Waals surface area (Å²) in [4.78, 5) is 18.1. The summed E-state index contributed by atoms with van der Waals surface area (Å²) in [6.45, 7) is 6.92. The topological polar surface area (TPSA) is 66.0 Å². The van der Waals surface area contributed by atoms with Gasteiger partial charge in [0.05, 0.1) is 25.3 Å². The predicted octanol–water partition coefficient (Wildman–Crippen LogP) is 2.57. The van der Waals surface area contributed by atoms with Crippen LogP contribution in [0.5, 0.6) is 0 Å². The van der Waals surface area contributed by atoms with E-state index in [4.69, 9.17) is 4.74 Å². The summed E-state index contributed by atoms with van der Waals surface area (Å²) < 4.78 is 44.6. The number of ether oxygens (including phenoxy) is 1. The fourth-order valence-electron chi connectivity index (χ4n) is 2.91. The average molecular weight is 400 g/mol. The zero-order chi connectivity index (χ0) is 20.9. The molecule has 0 saturated carbocycles. The Labute approximate surface area is 163 Å². The van der Waals surface area contributed by atoms with E-state index in [0.29, 0.717) is 31.2 Å². The maximum Gasteiger partial charge on any atom is 0.416 e. The van der Waals surface area contributed by atoms with Crippen LogP contribution in [0, 0.1) is 0 Å². The third-order valence-corrected chi connectivity index (χ3v) is 4.09. The van der Waals surface area contributed by atoms with Crippen molar-refractivity contribution in [1.82, 2.24) is 15.5 Å². The smallest absolute Gasteiger partial charge is 0.370 e. The first-order valence-electron chi connectivity index (χ1n) is 9.05. The van der Waals surface area contributed by atoms with Crippen LogP contribution in [0.15, 0.2) is 29.3 Å². The molecule has 1 saturated heterocycles. The number of rotatable bonds is 3. The molecule has 9 heteroatoms. The Morgan fingerprint density at radius 3 is 2.64 bits per heavy atom. The number of carbonyl (C=O) groups excluding carboxylic acids is 1. The molecule has 2 N–H and O–H groups in total. The van der Waals surface area contributed by atoms with Gasteiger partial charge in [0, 0.05) is 19.1 Å². The van der Waals surface area contributed by atoms with Crippen LogP contribution in [0.1, 0.15) is 38.0 Å². The van der Waals surface area contributed by atoms with Crippen LogP contribution in [0.4, 0.5) is 13.2 Å². The first-order valence-corrected chi connectivity index (χ1v) is 9.05. The lowest BCUT2D eigenvalue weighted by molar-refractivity contribution is -0.137. The van der Waals surface area contributed by atoms with Gasteiger partial charge < -0.3 is 20.3 Å². The van der Waals surface area contributed by atoms with E-state index in [9.17, 15) is 18.0 Å². The number of nitrogens with one attached hydrogen (secondary N) is 2. The van der Waals surface area contributed by atoms with Crippen molar-refractivity contribution in [2.45, 2.75) is 38.6 Å². The van der Waals surface area contributed by atoms with Crippen molar-refractivity contribution in [2.24, 2.45) is 4.99 Å². The molecule has 1 aromatic rings. The average Bonchev–Trinajstić information content (AvgIpc) is 2.60. The summed E-state index contributed by atoms with van der Waals surface area (Å²) in [5.41, 5.74) is -0.580. The molecule has 1 aliphatic rings. The lowest BCUT2D eigenvalue weighted by Crippen LogP contribution is -2.51. The molecule has 0 spiro atoms. The number of guanidine groups is 1. The monoisotopic (exact) mass is 400 g/mol. The molecule has 1 aliphatic heterocycles. The Kier molecular flexibility index (Phi) is 6.92. The van der Waals surface area contributed by atoms with Gasteiger partial charge in [-0.25, -0.2) is 0 Å². The van der Waals surface area contributed by atoms with Crippen molar-refractivity contribution in [3.8, 4) is 0 Å². The van der Waals surface area contributed by atoms with Gasteiger partial charge >= 0.3 is 6.18 Å². The highest BCUT2D eigenvalue weighted by Crippen LogP contribution is 2.32. The number of hydrogen-bond donors (Lipinski definition) is 2. The molecular formula is C19H27F3N4O2. The molecule has 1 amide bonds. The SMILES string of the molecule is CN=C(NCC(=O)NC(C)(C)C)N1CCOC(c2cccc(C(F)(F)F)c2)C1. The van der Waals surface area contributed by atoms with Gasteiger partial charge in [0.15, 0.2) is 5.96 Å². The van der Waals surface area contributed by atoms with E-state index in [1.54, 1.807) is 13.1 Å². The Hall–Kier alpha value is -2.29. The number of alkyl halides is 3. The van der Waals surface area contributed by atoms with E-state index in [2.05, 4.69) is 15.6 Å². The van der Waals surface area contributed by atoms with Gasteiger partial charge in [-0.3, -0.25) is 9.79 Å². The second kappa shape index (κ2) is 8.81. The highest BCUT2D eigenvalue weighted by Gasteiger charge is 2.32. The number of amides is 1. The van der Waals surface area contributed by atoms with Crippen molar-refractivity contribution in [3.05, 3.63) is 35.4 Å². The number of carbonyl (C=O) groups is 1. The molecule has 0 radical (unpaired) electrons. The number of aliphatic imine (C=N–C) groups is 1. The highest BCUT2D eigenvalue weighted by molar-refractivity contribution is 5.86. The standard InChI is InChI=1S/C19H27F3N4O2/c1-18(2,3)25-16(27)11-24-17(23-4)26-8-9-28-15(12-26)13-6-5-7-14(10-13)19(20,21)22/h5-7,10,15H,8-9,11-12H2,1-4H3,(H,23,24)(H,25,27). The quantitative estimate of drug-likeness (QED) is 0.605. The zero-order valence-electron chi connectivity index (χ0n) is 16.6. The molecule has 1 fully saturated rings. The molecule has 156 valence electrons. The molecule has 1 atom stereocenters. The maximum atomic E-state index is 13.0. The molecule has 1 heterocycles. The van der Waals surface area contributed by atoms with Crippen LogP contribution in [0.25, 0.3) is 0 Å². The Morgan fingerprint density at radius 2 is 2.04 bits per heavy atom. The lowest BCUT2D eigenvalue weighted by atomic mass is 10.0. The molecule has 0 aliphatic carbocycles. The molecule has 1 unspecified atom stereocenters. The normalized spacial score (nSPS) is 18.8. The number of nitrogens with zero attached hydrogens (tertiary/aromatic N) is 2. The molecule has 28 heavy (non-hydrogen) atoms. The van der Waals surface area contributed by atoms with Crippen molar-refractivity contribution in [1.29, 1.82) is 0 Å². The second-order valence-electron chi connectivity index (χ2n) is 7.63. The first kappa shape index (κ1) is 22.0. The minimum atomic E-state index is -4.40. The van der Waals surface area contributed by atoms with E-state index in [0.717, 1.165) is 12.1 Å². The third kappa shape index (κ3) is 6.40. The molecule has 2 rings (SSSR count). The summed E-state index contributed by atoms with van der Waals surface area (Å²) in [7, 11) is 1.60. The van der Waals surface area contributed by atoms with Crippen LogP contribution in [-0.4, -0.2) is 55.6 Å². The van der Waals surface area contributed by atoms with Crippen LogP contribution < -0.4 is 10.6 Å². The Bertz CT molecular complexity index is 714. The van der Waals surface area contributed by atoms with E-state index in [1.165, 1.54) is 6.07 Å². The number of halogens is 3. The summed E-state index contributed by atoms with van der Waals surface area (Å²) in [6, 6.07) is 5.15. The van der Waals surface area contributed by atoms with Gasteiger partial charge in [-0.1, -0.05) is 12.1 Å². The fraction of sp³-hybridized carbons (Fsp3) is 0.579. The minimum Gasteiger partial charge on any atom is -0.370 e. The predicted molar refractivity (Wildman–Crippen MR) is 101 cm³/mol. The molecular weight excluding hydrogens is 373 g/mol. The molecule has 0 bridgehead atoms. The van der Waals surface area contributed by atoms with Crippen molar-refractivity contribution in [2.75, 3.05) is 33.3 Å². The van der Waals surface area contributed by atoms with Crippen molar-refractivity contribution >= 4 is 11.9 Å². The summed E-state index contributed by atoms with van der Waals surface area (Å²) >= 11 is 0. The van der Waals surface area contributed by atoms with Crippen LogP contribution in [0.2, 0.25) is 0 Å². The van der Waals surface area contributed by atoms with Gasteiger partial charge in [0.25, 0.3) is 0 Å². The molecule has 0 aromatic heterocycles. The minimum absolute atomic E-state index is 0.0511. The van der Waals surface area contributed by atoms with Crippen LogP contribution in [0.3, 0.4) is 0 Å². The summed E-state index contributed by atoms with van der Waals surface area (Å²) in [5, 5.41) is 5.85. The molecule has 1 aromatic carbocycles. The third-order valence-electron chi connectivity index (χ3n) is 4.09. The van der Waals surface area contributed by atoms with E-state index in [-0.39, 0.29) is 18.0 Å². The van der Waals surface area contributed by atoms with Gasteiger partial charge in [-0.2, -0.15) is 13.2 Å². The number of benzene rings is 1. The number of hydrogen-bond acceptors (Lipinski definition) is 3. The van der Waals surface area contributed by atoms with Gasteiger partial charge in [-0.15, -0.1) is 0 Å². The second-order valence-corrected chi connectivity index (χ2v) is 7.63. The van der Waals surface area contributed by atoms with Gasteiger partial charge in [-0.05, 0) is 38.5 Å². The van der Waals surface area contributed by atoms with Crippen LogP contribution in [-0.2, 0) is 15.7 Å². The summed E-state index contributed by atoms with van der Waals surface area (Å²) in [5.74, 6) is 0.334. The zero-order valence-corrected chi connectivity index (χ0v) is 16.6. The Balaban J connectivity index is 2.02. The summed E-state index contributed by atoms with van der Waals surface area (Å²) in [6.07, 6.45) is -4.92. The number of morpholine rings is 1. The molecule has 6 nitrogen and oxygen atoms in total.